The first-order chi connectivity index (χ1) is 39.4. The van der Waals surface area contributed by atoms with E-state index in [0.29, 0.717) is 38.5 Å². The second-order valence-electron chi connectivity index (χ2n) is 27.7. The van der Waals surface area contributed by atoms with Crippen molar-refractivity contribution in [3.05, 3.63) is 11.6 Å². The van der Waals surface area contributed by atoms with Gasteiger partial charge in [-0.2, -0.15) is 0 Å². The van der Waals surface area contributed by atoms with Crippen molar-refractivity contribution in [2.24, 2.45) is 45.3 Å². The van der Waals surface area contributed by atoms with Gasteiger partial charge in [-0.15, -0.1) is 0 Å². The molecule has 26 heteroatoms. The highest BCUT2D eigenvalue weighted by molar-refractivity contribution is 5.21. The van der Waals surface area contributed by atoms with Gasteiger partial charge in [-0.3, -0.25) is 0 Å². The minimum atomic E-state index is -1.83. The number of aliphatic hydroxyl groups excluding tert-OH is 16. The highest BCUT2D eigenvalue weighted by Gasteiger charge is 2.72. The van der Waals surface area contributed by atoms with Gasteiger partial charge in [0.2, 0.25) is 0 Å². The zero-order valence-corrected chi connectivity index (χ0v) is 49.5. The van der Waals surface area contributed by atoms with Crippen LogP contribution in [0.1, 0.15) is 113 Å². The van der Waals surface area contributed by atoms with Gasteiger partial charge in [0.25, 0.3) is 0 Å². The monoisotopic (exact) mass is 1210 g/mol. The van der Waals surface area contributed by atoms with Crippen LogP contribution in [0.25, 0.3) is 0 Å². The van der Waals surface area contributed by atoms with E-state index in [-0.39, 0.29) is 34.5 Å². The van der Waals surface area contributed by atoms with Crippen molar-refractivity contribution in [1.82, 2.24) is 0 Å². The lowest BCUT2D eigenvalue weighted by atomic mass is 9.35. The molecule has 0 aromatic carbocycles. The lowest BCUT2D eigenvalue weighted by Crippen LogP contribution is -2.68. The zero-order chi connectivity index (χ0) is 61.5. The highest BCUT2D eigenvalue weighted by Crippen LogP contribution is 2.76. The quantitative estimate of drug-likeness (QED) is 0.0507. The lowest BCUT2D eigenvalue weighted by Gasteiger charge is -2.71. The molecule has 9 aliphatic rings. The first-order valence-electron chi connectivity index (χ1n) is 30.2. The topological polar surface area (TPSA) is 416 Å². The number of fused-ring (bicyclic) bond motifs is 5. The molecule has 5 aliphatic heterocycles. The standard InChI is InChI=1S/C58H98O26/c1-24(2)10-9-14-58(8,84-51-46(74)42(70)40(68)31(80-51)23-77-52-47(37(65)28(63)22-76-52)82-49-44(72)36(64)27(62)21-75-49)25-11-16-57(7)35(25)26(61)18-33-55(5)15-13-34(54(3,4)32(55)12-17-56(33,57)6)81-53-48(43(71)39(67)30(20-60)79-53)83-50-45(73)41(69)38(66)29(19-59)78-50/h10,25-53,59-74H,9,11-23H2,1-8H3/t25-,26+,27+,28-,29+,30+,31+,32-,33+,34-,35-,36-,37-,38+,39+,40+,41-,42-,43-,44+,45+,46+,47+,48+,49-,50-,51-,52-,53-,55-,56+,57+,58-/m0/s1. The van der Waals surface area contributed by atoms with E-state index >= 15 is 0 Å². The third kappa shape index (κ3) is 12.0. The number of aliphatic hydroxyl groups is 16. The summed E-state index contributed by atoms with van der Waals surface area (Å²) >= 11 is 0. The highest BCUT2D eigenvalue weighted by atomic mass is 16.8. The molecule has 9 fully saturated rings. The Morgan fingerprint density at radius 3 is 1.70 bits per heavy atom. The van der Waals surface area contributed by atoms with Crippen LogP contribution in [-0.4, -0.2) is 274 Å². The molecule has 5 heterocycles. The predicted molar refractivity (Wildman–Crippen MR) is 287 cm³/mol. The molecule has 4 saturated carbocycles. The lowest BCUT2D eigenvalue weighted by molar-refractivity contribution is -0.378. The number of rotatable bonds is 17. The average molecular weight is 1210 g/mol. The van der Waals surface area contributed by atoms with Crippen molar-refractivity contribution >= 4 is 0 Å². The number of hydrogen-bond donors (Lipinski definition) is 16. The van der Waals surface area contributed by atoms with Crippen LogP contribution in [0.5, 0.6) is 0 Å². The molecule has 5 saturated heterocycles. The predicted octanol–water partition coefficient (Wildman–Crippen LogP) is -3.10. The van der Waals surface area contributed by atoms with E-state index in [1.807, 2.05) is 20.8 Å². The Labute approximate surface area is 490 Å². The Kier molecular flexibility index (Phi) is 20.6. The Balaban J connectivity index is 0.918. The smallest absolute Gasteiger partial charge is 0.187 e. The molecular weight excluding hydrogens is 1110 g/mol. The summed E-state index contributed by atoms with van der Waals surface area (Å²) in [5.74, 6) is -0.566. The van der Waals surface area contributed by atoms with E-state index < -0.39 is 203 Å². The molecule has 33 atom stereocenters. The van der Waals surface area contributed by atoms with E-state index in [9.17, 15) is 81.7 Å². The zero-order valence-electron chi connectivity index (χ0n) is 49.5. The molecule has 0 bridgehead atoms. The minimum Gasteiger partial charge on any atom is -0.394 e. The maximum Gasteiger partial charge on any atom is 0.187 e. The summed E-state index contributed by atoms with van der Waals surface area (Å²) < 4.78 is 60.7. The van der Waals surface area contributed by atoms with Gasteiger partial charge in [0.05, 0.1) is 50.8 Å². The van der Waals surface area contributed by atoms with Crippen LogP contribution in [0.15, 0.2) is 11.6 Å². The van der Waals surface area contributed by atoms with Gasteiger partial charge in [-0.25, -0.2) is 0 Å². The molecule has 9 rings (SSSR count). The van der Waals surface area contributed by atoms with Crippen molar-refractivity contribution in [2.45, 2.75) is 272 Å². The first kappa shape index (κ1) is 67.1. The molecule has 4 aliphatic carbocycles. The maximum atomic E-state index is 12.9. The van der Waals surface area contributed by atoms with Crippen molar-refractivity contribution in [3.8, 4) is 0 Å². The summed E-state index contributed by atoms with van der Waals surface area (Å²) in [5, 5.41) is 174. The van der Waals surface area contributed by atoms with E-state index in [0.717, 1.165) is 24.8 Å². The van der Waals surface area contributed by atoms with Gasteiger partial charge in [0.15, 0.2) is 31.5 Å². The molecule has 26 nitrogen and oxygen atoms in total. The largest absolute Gasteiger partial charge is 0.394 e. The van der Waals surface area contributed by atoms with Gasteiger partial charge in [-0.05, 0) is 124 Å². The van der Waals surface area contributed by atoms with Crippen LogP contribution >= 0.6 is 0 Å². The molecule has 486 valence electrons. The molecule has 0 radical (unpaired) electrons. The minimum absolute atomic E-state index is 0.0175. The van der Waals surface area contributed by atoms with E-state index in [1.54, 1.807) is 0 Å². The van der Waals surface area contributed by atoms with Crippen molar-refractivity contribution in [3.63, 3.8) is 0 Å². The number of ether oxygens (including phenoxy) is 10. The van der Waals surface area contributed by atoms with E-state index in [2.05, 4.69) is 40.7 Å². The molecule has 16 N–H and O–H groups in total. The summed E-state index contributed by atoms with van der Waals surface area (Å²) in [6, 6.07) is 0. The van der Waals surface area contributed by atoms with E-state index in [1.165, 1.54) is 0 Å². The molecule has 0 aromatic heterocycles. The van der Waals surface area contributed by atoms with Crippen molar-refractivity contribution < 1.29 is 129 Å². The second-order valence-corrected chi connectivity index (χ2v) is 27.7. The fraction of sp³-hybridized carbons (Fsp3) is 0.966. The number of allylic oxidation sites excluding steroid dienone is 2. The van der Waals surface area contributed by atoms with Crippen molar-refractivity contribution in [1.29, 1.82) is 0 Å². The molecule has 0 aromatic rings. The van der Waals surface area contributed by atoms with Crippen LogP contribution in [0.3, 0.4) is 0 Å². The fourth-order valence-electron chi connectivity index (χ4n) is 17.2. The van der Waals surface area contributed by atoms with Gasteiger partial charge >= 0.3 is 0 Å². The van der Waals surface area contributed by atoms with Gasteiger partial charge in [0.1, 0.15) is 110 Å². The molecule has 84 heavy (non-hydrogen) atoms. The Hall–Kier alpha value is -1.30. The van der Waals surface area contributed by atoms with Gasteiger partial charge in [-0.1, -0.05) is 46.3 Å². The SMILES string of the molecule is CC(C)=CCC[C@](C)(O[C@@H]1O[C@H](CO[C@@H]2OC[C@H](O)[C@H](O)[C@H]2O[C@@H]2OC[C@@H](O)[C@H](O)[C@H]2O)[C@@H](O)[C@H](O)[C@H]1O)[C@H]1CC[C@]2(C)[C@@H]1[C@H](O)C[C@@H]1[C@@]3(C)CC[C@H](O[C@@H]4O[C@H](CO)[C@@H](O)[C@H](O)[C@H]4O[C@@H]4O[C@H](CO)[C@@H](O)[C@H](O)[C@H]4O)C(C)(C)[C@@H]3CC[C@]12C. The van der Waals surface area contributed by atoms with Crippen molar-refractivity contribution in [2.75, 3.05) is 33.0 Å². The van der Waals surface area contributed by atoms with Crippen LogP contribution in [-0.2, 0) is 47.4 Å². The normalized spacial score (nSPS) is 53.0. The summed E-state index contributed by atoms with van der Waals surface area (Å²) in [7, 11) is 0. The van der Waals surface area contributed by atoms with Crippen LogP contribution < -0.4 is 0 Å². The third-order valence-electron chi connectivity index (χ3n) is 22.2. The molecule has 0 amide bonds. The Morgan fingerprint density at radius 1 is 0.524 bits per heavy atom. The van der Waals surface area contributed by atoms with Gasteiger partial charge < -0.3 is 129 Å². The first-order valence-corrected chi connectivity index (χ1v) is 30.2. The second kappa shape index (κ2) is 25.8. The van der Waals surface area contributed by atoms with Gasteiger partial charge in [0, 0.05) is 0 Å². The van der Waals surface area contributed by atoms with Crippen LogP contribution in [0.2, 0.25) is 0 Å². The molecule has 0 spiro atoms. The third-order valence-corrected chi connectivity index (χ3v) is 22.2. The summed E-state index contributed by atoms with van der Waals surface area (Å²) in [6.45, 7) is 14.4. The summed E-state index contributed by atoms with van der Waals surface area (Å²) in [5.41, 5.74) is -1.73. The summed E-state index contributed by atoms with van der Waals surface area (Å²) in [6.07, 6.45) is -30.3. The average Bonchev–Trinajstić information content (AvgIpc) is 1.23. The summed E-state index contributed by atoms with van der Waals surface area (Å²) in [4.78, 5) is 0. The Bertz CT molecular complexity index is 2210. The Morgan fingerprint density at radius 2 is 1.06 bits per heavy atom. The maximum absolute atomic E-state index is 12.9. The molecule has 0 unspecified atom stereocenters. The van der Waals surface area contributed by atoms with E-state index in [4.69, 9.17) is 47.4 Å². The van der Waals surface area contributed by atoms with Crippen LogP contribution in [0, 0.1) is 45.3 Å². The van der Waals surface area contributed by atoms with Crippen LogP contribution in [0.4, 0.5) is 0 Å². The molecular formula is C58H98O26. The fourth-order valence-corrected chi connectivity index (χ4v) is 17.2. The number of hydrogen-bond acceptors (Lipinski definition) is 26.